The highest BCUT2D eigenvalue weighted by Gasteiger charge is 2.02. The Balaban J connectivity index is 3.45. The molecule has 0 aromatic carbocycles. The fraction of sp³-hybridized carbons (Fsp3) is 0.857. The Hall–Kier alpha value is -0.570. The molecule has 0 rings (SSSR count). The first-order valence-corrected chi connectivity index (χ1v) is 3.59. The van der Waals surface area contributed by atoms with Crippen LogP contribution in [0.15, 0.2) is 5.16 Å². The van der Waals surface area contributed by atoms with Gasteiger partial charge in [0, 0.05) is 6.04 Å². The molecule has 10 heavy (non-hydrogen) atoms. The molecule has 0 radical (unpaired) electrons. The summed E-state index contributed by atoms with van der Waals surface area (Å²) in [5.74, 6) is 0.421. The summed E-state index contributed by atoms with van der Waals surface area (Å²) in [6.07, 6.45) is 1.63. The highest BCUT2D eigenvalue weighted by Crippen LogP contribution is 1.94. The smallest absolute Gasteiger partial charge is 0.114 e. The summed E-state index contributed by atoms with van der Waals surface area (Å²) in [4.78, 5) is 4.74. The topological polar surface area (TPSA) is 47.6 Å². The number of rotatable bonds is 4. The predicted molar refractivity (Wildman–Crippen MR) is 42.9 cm³/mol. The second kappa shape index (κ2) is 5.23. The predicted octanol–water partition coefficient (Wildman–Crippen LogP) is 0.992. The van der Waals surface area contributed by atoms with Gasteiger partial charge in [-0.25, -0.2) is 0 Å². The Labute approximate surface area is 62.2 Å². The fourth-order valence-electron chi connectivity index (χ4n) is 0.360. The van der Waals surface area contributed by atoms with E-state index in [0.29, 0.717) is 12.5 Å². The maximum atomic E-state index is 5.63. The normalized spacial score (nSPS) is 14.5. The molecule has 0 aromatic heterocycles. The Morgan fingerprint density at radius 1 is 1.60 bits per heavy atom. The van der Waals surface area contributed by atoms with Gasteiger partial charge in [-0.15, -0.1) is 0 Å². The summed E-state index contributed by atoms with van der Waals surface area (Å²) >= 11 is 0. The summed E-state index contributed by atoms with van der Waals surface area (Å²) in [6.45, 7) is 6.57. The van der Waals surface area contributed by atoms with Crippen LogP contribution in [0.2, 0.25) is 0 Å². The maximum Gasteiger partial charge on any atom is 0.114 e. The standard InChI is InChI=1S/C7H16N2O/c1-4-10-9-5-7(8)6(2)3/h5-7H,4,8H2,1-3H3/b9-5+. The van der Waals surface area contributed by atoms with E-state index < -0.39 is 0 Å². The van der Waals surface area contributed by atoms with Crippen LogP contribution in [0.25, 0.3) is 0 Å². The van der Waals surface area contributed by atoms with Crippen LogP contribution in [0.5, 0.6) is 0 Å². The summed E-state index contributed by atoms with van der Waals surface area (Å²) in [5.41, 5.74) is 5.63. The van der Waals surface area contributed by atoms with Crippen LogP contribution >= 0.6 is 0 Å². The van der Waals surface area contributed by atoms with E-state index in [1.54, 1.807) is 6.21 Å². The van der Waals surface area contributed by atoms with E-state index in [9.17, 15) is 0 Å². The van der Waals surface area contributed by atoms with Gasteiger partial charge < -0.3 is 10.6 Å². The molecule has 0 bridgehead atoms. The molecule has 1 atom stereocenters. The van der Waals surface area contributed by atoms with Crippen molar-refractivity contribution in [2.75, 3.05) is 6.61 Å². The molecule has 0 spiro atoms. The Kier molecular flexibility index (Phi) is 4.94. The van der Waals surface area contributed by atoms with Crippen molar-refractivity contribution in [1.29, 1.82) is 0 Å². The van der Waals surface area contributed by atoms with Gasteiger partial charge in [-0.1, -0.05) is 19.0 Å². The van der Waals surface area contributed by atoms with Crippen molar-refractivity contribution in [2.45, 2.75) is 26.8 Å². The van der Waals surface area contributed by atoms with Crippen LogP contribution in [0, 0.1) is 5.92 Å². The minimum atomic E-state index is 0.00606. The molecule has 0 saturated heterocycles. The van der Waals surface area contributed by atoms with Gasteiger partial charge in [0.1, 0.15) is 6.61 Å². The number of nitrogens with two attached hydrogens (primary N) is 1. The van der Waals surface area contributed by atoms with Crippen LogP contribution in [0.1, 0.15) is 20.8 Å². The summed E-state index contributed by atoms with van der Waals surface area (Å²) in [7, 11) is 0. The van der Waals surface area contributed by atoms with Gasteiger partial charge in [-0.3, -0.25) is 0 Å². The molecular weight excluding hydrogens is 128 g/mol. The van der Waals surface area contributed by atoms with Crippen molar-refractivity contribution < 1.29 is 4.84 Å². The zero-order valence-electron chi connectivity index (χ0n) is 6.87. The lowest BCUT2D eigenvalue weighted by Crippen LogP contribution is -2.27. The number of nitrogens with zero attached hydrogens (tertiary/aromatic N) is 1. The summed E-state index contributed by atoms with van der Waals surface area (Å²) < 4.78 is 0. The minimum absolute atomic E-state index is 0.00606. The van der Waals surface area contributed by atoms with Gasteiger partial charge in [0.25, 0.3) is 0 Å². The third kappa shape index (κ3) is 4.32. The molecular formula is C7H16N2O. The third-order valence-electron chi connectivity index (χ3n) is 1.21. The van der Waals surface area contributed by atoms with E-state index in [0.717, 1.165) is 0 Å². The largest absolute Gasteiger partial charge is 0.396 e. The highest BCUT2D eigenvalue weighted by molar-refractivity contribution is 5.63. The SMILES string of the molecule is CCO/N=C/C(N)C(C)C. The van der Waals surface area contributed by atoms with Crippen molar-refractivity contribution >= 4 is 6.21 Å². The molecule has 0 fully saturated rings. The quantitative estimate of drug-likeness (QED) is 0.472. The monoisotopic (exact) mass is 144 g/mol. The average molecular weight is 144 g/mol. The highest BCUT2D eigenvalue weighted by atomic mass is 16.6. The first-order chi connectivity index (χ1) is 4.68. The van der Waals surface area contributed by atoms with Crippen molar-refractivity contribution in [3.63, 3.8) is 0 Å². The third-order valence-corrected chi connectivity index (χ3v) is 1.21. The number of hydrogen-bond acceptors (Lipinski definition) is 3. The van der Waals surface area contributed by atoms with E-state index in [1.165, 1.54) is 0 Å². The number of hydrogen-bond donors (Lipinski definition) is 1. The van der Waals surface area contributed by atoms with Gasteiger partial charge in [-0.05, 0) is 12.8 Å². The molecule has 1 unspecified atom stereocenters. The molecule has 0 aliphatic rings. The Morgan fingerprint density at radius 3 is 2.60 bits per heavy atom. The van der Waals surface area contributed by atoms with E-state index in [2.05, 4.69) is 5.16 Å². The van der Waals surface area contributed by atoms with Crippen molar-refractivity contribution in [2.24, 2.45) is 16.8 Å². The molecule has 3 nitrogen and oxygen atoms in total. The maximum absolute atomic E-state index is 5.63. The molecule has 0 aliphatic heterocycles. The minimum Gasteiger partial charge on any atom is -0.396 e. The van der Waals surface area contributed by atoms with Crippen LogP contribution in [-0.4, -0.2) is 18.9 Å². The zero-order chi connectivity index (χ0) is 7.98. The van der Waals surface area contributed by atoms with Gasteiger partial charge in [0.15, 0.2) is 0 Å². The lowest BCUT2D eigenvalue weighted by molar-refractivity contribution is 0.159. The van der Waals surface area contributed by atoms with Crippen molar-refractivity contribution in [3.05, 3.63) is 0 Å². The first-order valence-electron chi connectivity index (χ1n) is 3.59. The van der Waals surface area contributed by atoms with Gasteiger partial charge in [-0.2, -0.15) is 0 Å². The van der Waals surface area contributed by atoms with E-state index in [-0.39, 0.29) is 6.04 Å². The molecule has 0 aliphatic carbocycles. The second-order valence-electron chi connectivity index (χ2n) is 2.49. The first kappa shape index (κ1) is 9.43. The summed E-state index contributed by atoms with van der Waals surface area (Å²) in [6, 6.07) is 0.00606. The van der Waals surface area contributed by atoms with Crippen molar-refractivity contribution in [3.8, 4) is 0 Å². The molecule has 0 saturated carbocycles. The lowest BCUT2D eigenvalue weighted by Gasteiger charge is -2.07. The van der Waals surface area contributed by atoms with Gasteiger partial charge in [0.2, 0.25) is 0 Å². The number of oxime groups is 1. The lowest BCUT2D eigenvalue weighted by atomic mass is 10.1. The van der Waals surface area contributed by atoms with Crippen LogP contribution in [0.3, 0.4) is 0 Å². The molecule has 60 valence electrons. The van der Waals surface area contributed by atoms with Crippen LogP contribution < -0.4 is 5.73 Å². The van der Waals surface area contributed by atoms with Gasteiger partial charge >= 0.3 is 0 Å². The Bertz CT molecular complexity index is 102. The Morgan fingerprint density at radius 2 is 2.20 bits per heavy atom. The molecule has 0 heterocycles. The van der Waals surface area contributed by atoms with E-state index in [1.807, 2.05) is 20.8 Å². The van der Waals surface area contributed by atoms with E-state index in [4.69, 9.17) is 10.6 Å². The molecule has 0 amide bonds. The van der Waals surface area contributed by atoms with E-state index >= 15 is 0 Å². The molecule has 2 N–H and O–H groups in total. The van der Waals surface area contributed by atoms with Gasteiger partial charge in [0.05, 0.1) is 6.21 Å². The molecule has 0 aromatic rings. The van der Waals surface area contributed by atoms with Crippen LogP contribution in [0.4, 0.5) is 0 Å². The molecule has 3 heteroatoms. The van der Waals surface area contributed by atoms with Crippen molar-refractivity contribution in [1.82, 2.24) is 0 Å². The van der Waals surface area contributed by atoms with Crippen LogP contribution in [-0.2, 0) is 4.84 Å². The zero-order valence-corrected chi connectivity index (χ0v) is 6.87. The summed E-state index contributed by atoms with van der Waals surface area (Å²) in [5, 5.41) is 3.66. The fourth-order valence-corrected chi connectivity index (χ4v) is 0.360. The average Bonchev–Trinajstić information content (AvgIpc) is 1.88. The second-order valence-corrected chi connectivity index (χ2v) is 2.49.